The molecule has 1 aromatic heterocycles. The van der Waals surface area contributed by atoms with Crippen molar-refractivity contribution in [2.75, 3.05) is 0 Å². The molecule has 33 heavy (non-hydrogen) atoms. The van der Waals surface area contributed by atoms with Crippen molar-refractivity contribution in [1.29, 1.82) is 0 Å². The SMILES string of the molecule is CC(C)C(=C=C(c1ccccc1)c1c(-c2ccccc2)[nH]c2ccccc12)c1ccccc1. The van der Waals surface area contributed by atoms with Crippen molar-refractivity contribution in [3.8, 4) is 11.3 Å². The second-order valence-corrected chi connectivity index (χ2v) is 8.59. The largest absolute Gasteiger partial charge is 0.354 e. The van der Waals surface area contributed by atoms with Crippen molar-refractivity contribution in [2.24, 2.45) is 5.92 Å². The third-order valence-electron chi connectivity index (χ3n) is 6.00. The molecule has 0 radical (unpaired) electrons. The summed E-state index contributed by atoms with van der Waals surface area (Å²) >= 11 is 0. The molecule has 0 aliphatic heterocycles. The summed E-state index contributed by atoms with van der Waals surface area (Å²) < 4.78 is 0. The lowest BCUT2D eigenvalue weighted by Crippen LogP contribution is -1.95. The number of allylic oxidation sites excluding steroid dienone is 1. The van der Waals surface area contributed by atoms with E-state index in [1.165, 1.54) is 27.6 Å². The van der Waals surface area contributed by atoms with Gasteiger partial charge in [-0.1, -0.05) is 123 Å². The number of hydrogen-bond donors (Lipinski definition) is 1. The molecule has 0 aliphatic rings. The topological polar surface area (TPSA) is 15.8 Å². The van der Waals surface area contributed by atoms with Gasteiger partial charge in [-0.25, -0.2) is 0 Å². The van der Waals surface area contributed by atoms with Crippen LogP contribution in [0.1, 0.15) is 30.5 Å². The van der Waals surface area contributed by atoms with Crippen LogP contribution in [0.5, 0.6) is 0 Å². The lowest BCUT2D eigenvalue weighted by atomic mass is 9.90. The Balaban J connectivity index is 1.92. The van der Waals surface area contributed by atoms with Gasteiger partial charge in [0.15, 0.2) is 0 Å². The molecule has 0 aliphatic carbocycles. The molecule has 0 saturated heterocycles. The van der Waals surface area contributed by atoms with E-state index in [1.54, 1.807) is 0 Å². The van der Waals surface area contributed by atoms with Gasteiger partial charge in [0.25, 0.3) is 0 Å². The Morgan fingerprint density at radius 2 is 1.18 bits per heavy atom. The average molecular weight is 426 g/mol. The molecule has 1 nitrogen and oxygen atoms in total. The summed E-state index contributed by atoms with van der Waals surface area (Å²) in [6.45, 7) is 4.48. The first-order valence-electron chi connectivity index (χ1n) is 11.5. The summed E-state index contributed by atoms with van der Waals surface area (Å²) in [6, 6.07) is 40.4. The smallest absolute Gasteiger partial charge is 0.0551 e. The molecule has 0 unspecified atom stereocenters. The molecule has 1 heterocycles. The molecule has 0 atom stereocenters. The van der Waals surface area contributed by atoms with Crippen LogP contribution in [-0.4, -0.2) is 4.98 Å². The molecule has 0 spiro atoms. The lowest BCUT2D eigenvalue weighted by molar-refractivity contribution is 0.857. The fourth-order valence-electron chi connectivity index (χ4n) is 4.41. The molecule has 160 valence electrons. The van der Waals surface area contributed by atoms with Crippen LogP contribution in [0.15, 0.2) is 121 Å². The number of benzene rings is 4. The molecule has 5 aromatic rings. The maximum Gasteiger partial charge on any atom is 0.0551 e. The van der Waals surface area contributed by atoms with Gasteiger partial charge in [-0.15, -0.1) is 5.73 Å². The van der Waals surface area contributed by atoms with Crippen molar-refractivity contribution >= 4 is 22.0 Å². The first kappa shape index (κ1) is 20.8. The molecule has 0 amide bonds. The predicted molar refractivity (Wildman–Crippen MR) is 141 cm³/mol. The molecule has 0 bridgehead atoms. The highest BCUT2D eigenvalue weighted by Crippen LogP contribution is 2.39. The van der Waals surface area contributed by atoms with E-state index in [-0.39, 0.29) is 0 Å². The lowest BCUT2D eigenvalue weighted by Gasteiger charge is -2.13. The summed E-state index contributed by atoms with van der Waals surface area (Å²) in [6.07, 6.45) is 0. The summed E-state index contributed by atoms with van der Waals surface area (Å²) in [5, 5.41) is 1.21. The minimum absolute atomic E-state index is 0.330. The standard InChI is InChI=1S/C32H27N/c1-23(2)28(24-14-6-3-7-15-24)22-29(25-16-8-4-9-17-25)31-27-20-12-13-21-30(27)33-32(31)26-18-10-5-11-19-26/h3-21,23,33H,1-2H3. The molecule has 4 aromatic carbocycles. The summed E-state index contributed by atoms with van der Waals surface area (Å²) in [4.78, 5) is 3.70. The van der Waals surface area contributed by atoms with Gasteiger partial charge < -0.3 is 4.98 Å². The maximum atomic E-state index is 3.90. The Labute approximate surface area is 195 Å². The van der Waals surface area contributed by atoms with Crippen molar-refractivity contribution < 1.29 is 0 Å². The van der Waals surface area contributed by atoms with Crippen LogP contribution < -0.4 is 0 Å². The molecular weight excluding hydrogens is 398 g/mol. The van der Waals surface area contributed by atoms with E-state index in [9.17, 15) is 0 Å². The molecule has 0 saturated carbocycles. The average Bonchev–Trinajstić information content (AvgIpc) is 3.25. The highest BCUT2D eigenvalue weighted by atomic mass is 14.7. The Bertz CT molecular complexity index is 1430. The minimum atomic E-state index is 0.330. The van der Waals surface area contributed by atoms with Crippen LogP contribution in [-0.2, 0) is 0 Å². The quantitative estimate of drug-likeness (QED) is 0.271. The second-order valence-electron chi connectivity index (χ2n) is 8.59. The van der Waals surface area contributed by atoms with E-state index in [0.717, 1.165) is 22.3 Å². The van der Waals surface area contributed by atoms with E-state index in [4.69, 9.17) is 0 Å². The third-order valence-corrected chi connectivity index (χ3v) is 6.00. The molecule has 1 heteroatoms. The van der Waals surface area contributed by atoms with E-state index in [0.29, 0.717) is 5.92 Å². The Morgan fingerprint density at radius 1 is 0.636 bits per heavy atom. The number of para-hydroxylation sites is 1. The van der Waals surface area contributed by atoms with E-state index >= 15 is 0 Å². The monoisotopic (exact) mass is 425 g/mol. The summed E-state index contributed by atoms with van der Waals surface area (Å²) in [5.41, 5.74) is 13.2. The van der Waals surface area contributed by atoms with Crippen molar-refractivity contribution in [3.63, 3.8) is 0 Å². The van der Waals surface area contributed by atoms with Crippen LogP contribution in [0.2, 0.25) is 0 Å². The van der Waals surface area contributed by atoms with E-state index in [1.807, 2.05) is 0 Å². The van der Waals surface area contributed by atoms with Crippen molar-refractivity contribution in [1.82, 2.24) is 4.98 Å². The van der Waals surface area contributed by atoms with Gasteiger partial charge >= 0.3 is 0 Å². The summed E-state index contributed by atoms with van der Waals surface area (Å²) in [5.74, 6) is 0.330. The number of fused-ring (bicyclic) bond motifs is 1. The Hall–Kier alpha value is -4.06. The molecule has 5 rings (SSSR count). The zero-order valence-corrected chi connectivity index (χ0v) is 19.0. The highest BCUT2D eigenvalue weighted by Gasteiger charge is 2.19. The fourth-order valence-corrected chi connectivity index (χ4v) is 4.41. The van der Waals surface area contributed by atoms with Gasteiger partial charge in [-0.05, 0) is 28.7 Å². The zero-order valence-electron chi connectivity index (χ0n) is 19.0. The summed E-state index contributed by atoms with van der Waals surface area (Å²) in [7, 11) is 0. The van der Waals surface area contributed by atoms with Gasteiger partial charge in [0.1, 0.15) is 0 Å². The van der Waals surface area contributed by atoms with Crippen LogP contribution in [0.4, 0.5) is 0 Å². The molecule has 1 N–H and O–H groups in total. The number of aromatic amines is 1. The van der Waals surface area contributed by atoms with Gasteiger partial charge in [0.2, 0.25) is 0 Å². The first-order valence-corrected chi connectivity index (χ1v) is 11.5. The zero-order chi connectivity index (χ0) is 22.6. The van der Waals surface area contributed by atoms with Gasteiger partial charge in [-0.3, -0.25) is 0 Å². The minimum Gasteiger partial charge on any atom is -0.354 e. The van der Waals surface area contributed by atoms with Gasteiger partial charge in [0.05, 0.1) is 5.69 Å². The number of H-pyrrole nitrogens is 1. The van der Waals surface area contributed by atoms with Crippen LogP contribution >= 0.6 is 0 Å². The highest BCUT2D eigenvalue weighted by molar-refractivity contribution is 6.04. The van der Waals surface area contributed by atoms with Gasteiger partial charge in [-0.2, -0.15) is 0 Å². The number of nitrogens with one attached hydrogen (secondary N) is 1. The first-order chi connectivity index (χ1) is 16.2. The van der Waals surface area contributed by atoms with Crippen molar-refractivity contribution in [2.45, 2.75) is 13.8 Å². The third kappa shape index (κ3) is 4.20. The van der Waals surface area contributed by atoms with E-state index < -0.39 is 0 Å². The Kier molecular flexibility index (Phi) is 5.81. The molecular formula is C32H27N. The number of aromatic nitrogens is 1. The number of hydrogen-bond acceptors (Lipinski definition) is 0. The maximum absolute atomic E-state index is 3.90. The van der Waals surface area contributed by atoms with Crippen LogP contribution in [0.3, 0.4) is 0 Å². The van der Waals surface area contributed by atoms with Crippen LogP contribution in [0, 0.1) is 5.92 Å². The van der Waals surface area contributed by atoms with Crippen molar-refractivity contribution in [3.05, 3.63) is 138 Å². The predicted octanol–water partition coefficient (Wildman–Crippen LogP) is 8.61. The second kappa shape index (κ2) is 9.20. The molecule has 0 fully saturated rings. The number of rotatable bonds is 5. The Morgan fingerprint density at radius 3 is 1.82 bits per heavy atom. The fraction of sp³-hybridized carbons (Fsp3) is 0.0938. The normalized spacial score (nSPS) is 10.9. The van der Waals surface area contributed by atoms with E-state index in [2.05, 4.69) is 140 Å². The van der Waals surface area contributed by atoms with Gasteiger partial charge in [0, 0.05) is 27.6 Å². The van der Waals surface area contributed by atoms with Crippen LogP contribution in [0.25, 0.3) is 33.3 Å².